The minimum absolute atomic E-state index is 0.216. The van der Waals surface area contributed by atoms with Crippen molar-refractivity contribution in [3.05, 3.63) is 65.5 Å². The highest BCUT2D eigenvalue weighted by Crippen LogP contribution is 2.19. The van der Waals surface area contributed by atoms with Gasteiger partial charge in [-0.1, -0.05) is 5.16 Å². The molecule has 1 heterocycles. The summed E-state index contributed by atoms with van der Waals surface area (Å²) in [5.74, 6) is -1.06. The van der Waals surface area contributed by atoms with Gasteiger partial charge in [-0.15, -0.1) is 0 Å². The van der Waals surface area contributed by atoms with Crippen LogP contribution in [0.2, 0.25) is 0 Å². The van der Waals surface area contributed by atoms with E-state index in [1.165, 1.54) is 12.1 Å². The van der Waals surface area contributed by atoms with Gasteiger partial charge in [0.25, 0.3) is 11.8 Å². The molecule has 0 aliphatic rings. The second-order valence-electron chi connectivity index (χ2n) is 4.80. The normalized spacial score (nSPS) is 10.6. The van der Waals surface area contributed by atoms with E-state index in [9.17, 15) is 13.6 Å². The molecule has 0 bridgehead atoms. The molecule has 5 nitrogen and oxygen atoms in total. The standard InChI is InChI=1S/C16H11F2N3O2/c1-9-19-16(23-21-9)11-4-2-10(3-5-11)15(22)20-14-8-12(17)6-7-13(14)18/h2-8H,1H3,(H,20,22). The van der Waals surface area contributed by atoms with Gasteiger partial charge < -0.3 is 9.84 Å². The van der Waals surface area contributed by atoms with Gasteiger partial charge in [0.1, 0.15) is 11.6 Å². The zero-order chi connectivity index (χ0) is 16.4. The Morgan fingerprint density at radius 2 is 1.87 bits per heavy atom. The van der Waals surface area contributed by atoms with E-state index in [4.69, 9.17) is 4.52 Å². The fourth-order valence-corrected chi connectivity index (χ4v) is 1.97. The van der Waals surface area contributed by atoms with Gasteiger partial charge in [-0.25, -0.2) is 8.78 Å². The van der Waals surface area contributed by atoms with E-state index < -0.39 is 17.5 Å². The van der Waals surface area contributed by atoms with E-state index in [1.54, 1.807) is 19.1 Å². The summed E-state index contributed by atoms with van der Waals surface area (Å²) in [6.07, 6.45) is 0. The van der Waals surface area contributed by atoms with Gasteiger partial charge in [-0.05, 0) is 43.3 Å². The van der Waals surface area contributed by atoms with Crippen LogP contribution in [0.3, 0.4) is 0 Å². The van der Waals surface area contributed by atoms with E-state index in [1.807, 2.05) is 0 Å². The lowest BCUT2D eigenvalue weighted by Gasteiger charge is -2.06. The highest BCUT2D eigenvalue weighted by molar-refractivity contribution is 6.04. The minimum Gasteiger partial charge on any atom is -0.334 e. The molecule has 1 N–H and O–H groups in total. The van der Waals surface area contributed by atoms with Crippen LogP contribution in [0.25, 0.3) is 11.5 Å². The molecule has 7 heteroatoms. The lowest BCUT2D eigenvalue weighted by Crippen LogP contribution is -2.13. The first kappa shape index (κ1) is 14.8. The maximum atomic E-state index is 13.5. The minimum atomic E-state index is -0.710. The Morgan fingerprint density at radius 3 is 2.52 bits per heavy atom. The Morgan fingerprint density at radius 1 is 1.13 bits per heavy atom. The van der Waals surface area contributed by atoms with Gasteiger partial charge >= 0.3 is 0 Å². The number of aromatic nitrogens is 2. The summed E-state index contributed by atoms with van der Waals surface area (Å²) in [4.78, 5) is 16.2. The lowest BCUT2D eigenvalue weighted by molar-refractivity contribution is 0.102. The van der Waals surface area contributed by atoms with E-state index in [-0.39, 0.29) is 11.3 Å². The number of aryl methyl sites for hydroxylation is 1. The number of hydrogen-bond donors (Lipinski definition) is 1. The smallest absolute Gasteiger partial charge is 0.257 e. The van der Waals surface area contributed by atoms with Gasteiger partial charge in [-0.2, -0.15) is 4.98 Å². The molecule has 0 atom stereocenters. The molecule has 0 aliphatic carbocycles. The molecule has 0 unspecified atom stereocenters. The van der Waals surface area contributed by atoms with E-state index in [2.05, 4.69) is 15.5 Å². The molecule has 1 aromatic heterocycles. The molecular formula is C16H11F2N3O2. The predicted molar refractivity (Wildman–Crippen MR) is 78.8 cm³/mol. The van der Waals surface area contributed by atoms with Gasteiger partial charge in [0.15, 0.2) is 5.82 Å². The first-order valence-electron chi connectivity index (χ1n) is 6.70. The van der Waals surface area contributed by atoms with Crippen molar-refractivity contribution in [1.82, 2.24) is 10.1 Å². The van der Waals surface area contributed by atoms with Gasteiger partial charge in [0, 0.05) is 17.2 Å². The summed E-state index contributed by atoms with van der Waals surface area (Å²) in [6, 6.07) is 9.16. The Labute approximate surface area is 130 Å². The van der Waals surface area contributed by atoms with Crippen molar-refractivity contribution in [2.24, 2.45) is 0 Å². The predicted octanol–water partition coefficient (Wildman–Crippen LogP) is 3.58. The summed E-state index contributed by atoms with van der Waals surface area (Å²) < 4.78 is 31.6. The summed E-state index contributed by atoms with van der Waals surface area (Å²) >= 11 is 0. The molecule has 2 aromatic carbocycles. The molecule has 0 saturated heterocycles. The van der Waals surface area contributed by atoms with Crippen LogP contribution in [0.15, 0.2) is 47.0 Å². The summed E-state index contributed by atoms with van der Waals surface area (Å²) in [5.41, 5.74) is 0.722. The fraction of sp³-hybridized carbons (Fsp3) is 0.0625. The third kappa shape index (κ3) is 3.23. The van der Waals surface area contributed by atoms with Crippen molar-refractivity contribution < 1.29 is 18.1 Å². The first-order chi connectivity index (χ1) is 11.0. The first-order valence-corrected chi connectivity index (χ1v) is 6.70. The highest BCUT2D eigenvalue weighted by atomic mass is 19.1. The topological polar surface area (TPSA) is 68.0 Å². The van der Waals surface area contributed by atoms with Crippen molar-refractivity contribution in [1.29, 1.82) is 0 Å². The molecule has 3 rings (SSSR count). The number of carbonyl (C=O) groups excluding carboxylic acids is 1. The molecule has 116 valence electrons. The van der Waals surface area contributed by atoms with Gasteiger partial charge in [0.2, 0.25) is 0 Å². The van der Waals surface area contributed by atoms with Crippen LogP contribution >= 0.6 is 0 Å². The number of anilines is 1. The van der Waals surface area contributed by atoms with Crippen LogP contribution in [0.4, 0.5) is 14.5 Å². The van der Waals surface area contributed by atoms with Crippen LogP contribution < -0.4 is 5.32 Å². The van der Waals surface area contributed by atoms with Crippen molar-refractivity contribution in [2.45, 2.75) is 6.92 Å². The van der Waals surface area contributed by atoms with Crippen molar-refractivity contribution >= 4 is 11.6 Å². The molecule has 3 aromatic rings. The molecular weight excluding hydrogens is 304 g/mol. The van der Waals surface area contributed by atoms with Crippen LogP contribution in [-0.2, 0) is 0 Å². The third-order valence-electron chi connectivity index (χ3n) is 3.10. The summed E-state index contributed by atoms with van der Waals surface area (Å²) in [7, 11) is 0. The number of nitrogens with zero attached hydrogens (tertiary/aromatic N) is 2. The van der Waals surface area contributed by atoms with Crippen LogP contribution in [0.5, 0.6) is 0 Å². The largest absolute Gasteiger partial charge is 0.334 e. The highest BCUT2D eigenvalue weighted by Gasteiger charge is 2.12. The second-order valence-corrected chi connectivity index (χ2v) is 4.80. The third-order valence-corrected chi connectivity index (χ3v) is 3.10. The average Bonchev–Trinajstić information content (AvgIpc) is 2.97. The maximum Gasteiger partial charge on any atom is 0.257 e. The van der Waals surface area contributed by atoms with Gasteiger partial charge in [0.05, 0.1) is 5.69 Å². The van der Waals surface area contributed by atoms with Crippen molar-refractivity contribution in [2.75, 3.05) is 5.32 Å². The number of halogens is 2. The number of rotatable bonds is 3. The van der Waals surface area contributed by atoms with E-state index in [0.717, 1.165) is 18.2 Å². The fourth-order valence-electron chi connectivity index (χ4n) is 1.97. The molecule has 1 amide bonds. The zero-order valence-corrected chi connectivity index (χ0v) is 12.0. The van der Waals surface area contributed by atoms with Crippen LogP contribution in [-0.4, -0.2) is 16.0 Å². The number of amides is 1. The average molecular weight is 315 g/mol. The quantitative estimate of drug-likeness (QED) is 0.802. The Kier molecular flexibility index (Phi) is 3.84. The SMILES string of the molecule is Cc1noc(-c2ccc(C(=O)Nc3cc(F)ccc3F)cc2)n1. The Hall–Kier alpha value is -3.09. The van der Waals surface area contributed by atoms with Crippen LogP contribution in [0.1, 0.15) is 16.2 Å². The number of nitrogens with one attached hydrogen (secondary N) is 1. The Balaban J connectivity index is 1.79. The molecule has 0 radical (unpaired) electrons. The molecule has 0 saturated carbocycles. The van der Waals surface area contributed by atoms with Crippen LogP contribution in [0, 0.1) is 18.6 Å². The molecule has 0 spiro atoms. The monoisotopic (exact) mass is 315 g/mol. The van der Waals surface area contributed by atoms with Gasteiger partial charge in [-0.3, -0.25) is 4.79 Å². The summed E-state index contributed by atoms with van der Waals surface area (Å²) in [5, 5.41) is 6.01. The van der Waals surface area contributed by atoms with E-state index >= 15 is 0 Å². The number of hydrogen-bond acceptors (Lipinski definition) is 4. The molecule has 23 heavy (non-hydrogen) atoms. The van der Waals surface area contributed by atoms with E-state index in [0.29, 0.717) is 17.3 Å². The summed E-state index contributed by atoms with van der Waals surface area (Å²) in [6.45, 7) is 1.70. The Bertz CT molecular complexity index is 860. The molecule has 0 fully saturated rings. The second kappa shape index (κ2) is 5.96. The van der Waals surface area contributed by atoms with Crippen molar-refractivity contribution in [3.63, 3.8) is 0 Å². The number of benzene rings is 2. The lowest BCUT2D eigenvalue weighted by atomic mass is 10.1. The maximum absolute atomic E-state index is 13.5. The number of carbonyl (C=O) groups is 1. The zero-order valence-electron chi connectivity index (χ0n) is 12.0. The van der Waals surface area contributed by atoms with Crippen molar-refractivity contribution in [3.8, 4) is 11.5 Å². The molecule has 0 aliphatic heterocycles.